The van der Waals surface area contributed by atoms with Crippen LogP contribution in [-0.4, -0.2) is 11.5 Å². The minimum absolute atomic E-state index is 0.473. The van der Waals surface area contributed by atoms with Gasteiger partial charge in [0.15, 0.2) is 0 Å². The molecular weight excluding hydrogens is 240 g/mol. The third kappa shape index (κ3) is 2.17. The van der Waals surface area contributed by atoms with Gasteiger partial charge in [0.25, 0.3) is 0 Å². The molecule has 2 nitrogen and oxygen atoms in total. The van der Waals surface area contributed by atoms with Gasteiger partial charge >= 0.3 is 0 Å². The number of nitrogens with zero attached hydrogens (tertiary/aromatic N) is 1. The summed E-state index contributed by atoms with van der Waals surface area (Å²) >= 11 is 1.86. The minimum atomic E-state index is 0.473. The number of aromatic nitrogens is 1. The van der Waals surface area contributed by atoms with E-state index in [0.29, 0.717) is 6.04 Å². The average molecular weight is 260 g/mol. The van der Waals surface area contributed by atoms with E-state index in [1.807, 2.05) is 11.3 Å². The summed E-state index contributed by atoms with van der Waals surface area (Å²) in [7, 11) is 0. The molecule has 1 N–H and O–H groups in total. The molecular formula is C15H20N2S. The number of aryl methyl sites for hydroxylation is 1. The molecule has 1 aromatic heterocycles. The van der Waals surface area contributed by atoms with E-state index < -0.39 is 0 Å². The number of thiazole rings is 1. The van der Waals surface area contributed by atoms with Crippen molar-refractivity contribution in [1.82, 2.24) is 10.3 Å². The van der Waals surface area contributed by atoms with Gasteiger partial charge in [-0.1, -0.05) is 25.5 Å². The standard InChI is InChI=1S/C15H20N2S/c1-3-11-7-8-16-12(9-11)15-17-14-10(2)5-4-6-13(14)18-15/h4-6,11-12,16H,3,7-9H2,1-2H3. The van der Waals surface area contributed by atoms with E-state index in [2.05, 4.69) is 37.4 Å². The molecule has 2 unspecified atom stereocenters. The Kier molecular flexibility index (Phi) is 3.35. The van der Waals surface area contributed by atoms with Crippen LogP contribution in [0.2, 0.25) is 0 Å². The van der Waals surface area contributed by atoms with Crippen molar-refractivity contribution < 1.29 is 0 Å². The second-order valence-corrected chi connectivity index (χ2v) is 6.34. The molecule has 18 heavy (non-hydrogen) atoms. The van der Waals surface area contributed by atoms with Gasteiger partial charge in [-0.3, -0.25) is 0 Å². The van der Waals surface area contributed by atoms with Crippen LogP contribution in [0.15, 0.2) is 18.2 Å². The third-order valence-corrected chi connectivity index (χ3v) is 5.16. The molecule has 1 saturated heterocycles. The highest BCUT2D eigenvalue weighted by atomic mass is 32.1. The van der Waals surface area contributed by atoms with Crippen molar-refractivity contribution in [3.63, 3.8) is 0 Å². The predicted octanol–water partition coefficient (Wildman–Crippen LogP) is 4.06. The molecule has 96 valence electrons. The molecule has 0 amide bonds. The Morgan fingerprint density at radius 2 is 2.33 bits per heavy atom. The number of fused-ring (bicyclic) bond motifs is 1. The number of piperidine rings is 1. The molecule has 2 atom stereocenters. The maximum absolute atomic E-state index is 4.86. The van der Waals surface area contributed by atoms with Crippen LogP contribution in [0.3, 0.4) is 0 Å². The molecule has 2 heterocycles. The summed E-state index contributed by atoms with van der Waals surface area (Å²) in [6, 6.07) is 6.93. The fraction of sp³-hybridized carbons (Fsp3) is 0.533. The lowest BCUT2D eigenvalue weighted by molar-refractivity contribution is 0.299. The zero-order valence-electron chi connectivity index (χ0n) is 11.1. The summed E-state index contributed by atoms with van der Waals surface area (Å²) < 4.78 is 1.32. The summed E-state index contributed by atoms with van der Waals surface area (Å²) in [5.74, 6) is 0.865. The second kappa shape index (κ2) is 4.98. The molecule has 0 saturated carbocycles. The Balaban J connectivity index is 1.92. The number of hydrogen-bond donors (Lipinski definition) is 1. The first-order chi connectivity index (χ1) is 8.78. The molecule has 0 aliphatic carbocycles. The summed E-state index contributed by atoms with van der Waals surface area (Å²) in [5.41, 5.74) is 2.48. The maximum atomic E-state index is 4.86. The van der Waals surface area contributed by atoms with Crippen molar-refractivity contribution in [3.8, 4) is 0 Å². The van der Waals surface area contributed by atoms with Gasteiger partial charge in [0.1, 0.15) is 5.01 Å². The highest BCUT2D eigenvalue weighted by Gasteiger charge is 2.24. The number of para-hydroxylation sites is 1. The van der Waals surface area contributed by atoms with Crippen LogP contribution < -0.4 is 5.32 Å². The first kappa shape index (κ1) is 12.1. The molecule has 0 spiro atoms. The molecule has 3 heteroatoms. The summed E-state index contributed by atoms with van der Waals surface area (Å²) in [5, 5.41) is 4.90. The van der Waals surface area contributed by atoms with Gasteiger partial charge in [-0.05, 0) is 43.9 Å². The molecule has 2 aromatic rings. The lowest BCUT2D eigenvalue weighted by Gasteiger charge is -2.28. The number of nitrogens with one attached hydrogen (secondary N) is 1. The van der Waals surface area contributed by atoms with Crippen molar-refractivity contribution in [1.29, 1.82) is 0 Å². The Labute approximate surface area is 112 Å². The zero-order chi connectivity index (χ0) is 12.5. The van der Waals surface area contributed by atoms with E-state index in [1.54, 1.807) is 0 Å². The largest absolute Gasteiger partial charge is 0.308 e. The molecule has 1 aromatic carbocycles. The summed E-state index contributed by atoms with van der Waals surface area (Å²) in [4.78, 5) is 4.86. The van der Waals surface area contributed by atoms with Crippen LogP contribution in [0.25, 0.3) is 10.2 Å². The fourth-order valence-electron chi connectivity index (χ4n) is 2.81. The first-order valence-corrected chi connectivity index (χ1v) is 7.69. The predicted molar refractivity (Wildman–Crippen MR) is 78.1 cm³/mol. The maximum Gasteiger partial charge on any atom is 0.111 e. The van der Waals surface area contributed by atoms with Crippen LogP contribution in [0.5, 0.6) is 0 Å². The highest BCUT2D eigenvalue weighted by Crippen LogP contribution is 2.34. The van der Waals surface area contributed by atoms with Crippen LogP contribution >= 0.6 is 11.3 Å². The SMILES string of the molecule is CCC1CCNC(c2nc3c(C)cccc3s2)C1. The smallest absolute Gasteiger partial charge is 0.111 e. The molecule has 0 radical (unpaired) electrons. The van der Waals surface area contributed by atoms with Gasteiger partial charge < -0.3 is 5.32 Å². The van der Waals surface area contributed by atoms with Crippen molar-refractivity contribution in [2.24, 2.45) is 5.92 Å². The number of rotatable bonds is 2. The fourth-order valence-corrected chi connectivity index (χ4v) is 3.94. The van der Waals surface area contributed by atoms with Crippen LogP contribution in [0.1, 0.15) is 42.8 Å². The Morgan fingerprint density at radius 1 is 1.44 bits per heavy atom. The van der Waals surface area contributed by atoms with Gasteiger partial charge in [0.2, 0.25) is 0 Å². The topological polar surface area (TPSA) is 24.9 Å². The van der Waals surface area contributed by atoms with Crippen molar-refractivity contribution in [3.05, 3.63) is 28.8 Å². The monoisotopic (exact) mass is 260 g/mol. The van der Waals surface area contributed by atoms with E-state index in [0.717, 1.165) is 12.5 Å². The van der Waals surface area contributed by atoms with E-state index in [1.165, 1.54) is 40.1 Å². The quantitative estimate of drug-likeness (QED) is 0.881. The minimum Gasteiger partial charge on any atom is -0.308 e. The third-order valence-electron chi connectivity index (χ3n) is 4.03. The molecule has 1 aliphatic heterocycles. The van der Waals surface area contributed by atoms with Crippen molar-refractivity contribution in [2.45, 2.75) is 39.2 Å². The van der Waals surface area contributed by atoms with Crippen LogP contribution in [0, 0.1) is 12.8 Å². The van der Waals surface area contributed by atoms with Gasteiger partial charge in [0.05, 0.1) is 16.3 Å². The van der Waals surface area contributed by atoms with Gasteiger partial charge in [-0.2, -0.15) is 0 Å². The van der Waals surface area contributed by atoms with E-state index in [9.17, 15) is 0 Å². The Hall–Kier alpha value is -0.930. The van der Waals surface area contributed by atoms with Crippen LogP contribution in [0.4, 0.5) is 0 Å². The summed E-state index contributed by atoms with van der Waals surface area (Å²) in [6.07, 6.45) is 3.86. The number of benzene rings is 1. The Bertz CT molecular complexity index is 546. The van der Waals surface area contributed by atoms with Crippen molar-refractivity contribution in [2.75, 3.05) is 6.54 Å². The molecule has 1 fully saturated rings. The second-order valence-electron chi connectivity index (χ2n) is 5.28. The van der Waals surface area contributed by atoms with Crippen molar-refractivity contribution >= 4 is 21.6 Å². The molecule has 1 aliphatic rings. The average Bonchev–Trinajstić information content (AvgIpc) is 2.84. The zero-order valence-corrected chi connectivity index (χ0v) is 11.9. The number of hydrogen-bond acceptors (Lipinski definition) is 3. The Morgan fingerprint density at radius 3 is 3.11 bits per heavy atom. The first-order valence-electron chi connectivity index (χ1n) is 6.87. The summed E-state index contributed by atoms with van der Waals surface area (Å²) in [6.45, 7) is 5.59. The van der Waals surface area contributed by atoms with Gasteiger partial charge in [0, 0.05) is 0 Å². The lowest BCUT2D eigenvalue weighted by Crippen LogP contribution is -2.31. The van der Waals surface area contributed by atoms with Gasteiger partial charge in [-0.15, -0.1) is 11.3 Å². The van der Waals surface area contributed by atoms with E-state index in [4.69, 9.17) is 4.98 Å². The highest BCUT2D eigenvalue weighted by molar-refractivity contribution is 7.18. The molecule has 3 rings (SSSR count). The van der Waals surface area contributed by atoms with Gasteiger partial charge in [-0.25, -0.2) is 4.98 Å². The lowest BCUT2D eigenvalue weighted by atomic mass is 9.91. The van der Waals surface area contributed by atoms with E-state index >= 15 is 0 Å². The van der Waals surface area contributed by atoms with E-state index in [-0.39, 0.29) is 0 Å². The normalized spacial score (nSPS) is 24.6. The van der Waals surface area contributed by atoms with Crippen LogP contribution in [-0.2, 0) is 0 Å². The molecule has 0 bridgehead atoms.